The van der Waals surface area contributed by atoms with E-state index < -0.39 is 0 Å². The summed E-state index contributed by atoms with van der Waals surface area (Å²) in [5, 5.41) is 8.75. The van der Waals surface area contributed by atoms with E-state index in [1.807, 2.05) is 12.1 Å². The zero-order valence-electron chi connectivity index (χ0n) is 10.6. The van der Waals surface area contributed by atoms with E-state index in [1.54, 1.807) is 0 Å². The molecule has 1 aliphatic heterocycles. The van der Waals surface area contributed by atoms with Crippen molar-refractivity contribution in [2.24, 2.45) is 0 Å². The third-order valence-electron chi connectivity index (χ3n) is 3.39. The Morgan fingerprint density at radius 3 is 2.56 bits per heavy atom. The summed E-state index contributed by atoms with van der Waals surface area (Å²) in [5.74, 6) is -0.180. The summed E-state index contributed by atoms with van der Waals surface area (Å²) in [6, 6.07) is 6.73. The van der Waals surface area contributed by atoms with Crippen molar-refractivity contribution in [3.63, 3.8) is 0 Å². The molecule has 1 heterocycles. The molecule has 18 heavy (non-hydrogen) atoms. The Bertz CT molecular complexity index is 399. The lowest BCUT2D eigenvalue weighted by molar-refractivity contribution is 0.253. The molecule has 3 heteroatoms. The minimum atomic E-state index is -0.180. The van der Waals surface area contributed by atoms with E-state index in [2.05, 4.69) is 11.0 Å². The molecule has 1 aromatic rings. The van der Waals surface area contributed by atoms with Crippen molar-refractivity contribution in [3.05, 3.63) is 41.7 Å². The van der Waals surface area contributed by atoms with Gasteiger partial charge in [-0.1, -0.05) is 18.2 Å². The molecule has 0 aliphatic carbocycles. The molecule has 98 valence electrons. The Kier molecular flexibility index (Phi) is 4.90. The summed E-state index contributed by atoms with van der Waals surface area (Å²) in [5.41, 5.74) is 2.44. The first-order chi connectivity index (χ1) is 8.79. The van der Waals surface area contributed by atoms with Gasteiger partial charge in [0.25, 0.3) is 0 Å². The zero-order chi connectivity index (χ0) is 12.8. The average Bonchev–Trinajstić information content (AvgIpc) is 2.41. The van der Waals surface area contributed by atoms with Crippen LogP contribution in [0.3, 0.4) is 0 Å². The average molecular weight is 249 g/mol. The van der Waals surface area contributed by atoms with Gasteiger partial charge >= 0.3 is 0 Å². The Hall–Kier alpha value is -1.19. The third kappa shape index (κ3) is 3.65. The molecule has 0 fully saturated rings. The lowest BCUT2D eigenvalue weighted by Crippen LogP contribution is -2.29. The van der Waals surface area contributed by atoms with Gasteiger partial charge in [0.2, 0.25) is 0 Å². The fraction of sp³-hybridized carbons (Fsp3) is 0.467. The van der Waals surface area contributed by atoms with Gasteiger partial charge in [-0.25, -0.2) is 4.39 Å². The smallest absolute Gasteiger partial charge is 0.123 e. The lowest BCUT2D eigenvalue weighted by atomic mass is 9.99. The van der Waals surface area contributed by atoms with E-state index in [9.17, 15) is 4.39 Å². The predicted molar refractivity (Wildman–Crippen MR) is 71.8 cm³/mol. The maximum Gasteiger partial charge on any atom is 0.123 e. The van der Waals surface area contributed by atoms with Crippen LogP contribution in [0.4, 0.5) is 4.39 Å². The van der Waals surface area contributed by atoms with Crippen molar-refractivity contribution in [1.29, 1.82) is 0 Å². The molecular formula is C15H20FNO. The van der Waals surface area contributed by atoms with Gasteiger partial charge in [0.1, 0.15) is 5.82 Å². The highest BCUT2D eigenvalue weighted by Gasteiger charge is 2.12. The number of nitrogens with zero attached hydrogens (tertiary/aromatic N) is 1. The maximum absolute atomic E-state index is 12.8. The Morgan fingerprint density at radius 1 is 1.17 bits per heavy atom. The van der Waals surface area contributed by atoms with Gasteiger partial charge in [0.05, 0.1) is 0 Å². The Labute approximate surface area is 108 Å². The number of aliphatic hydroxyl groups excluding tert-OH is 1. The van der Waals surface area contributed by atoms with Crippen LogP contribution in [0.5, 0.6) is 0 Å². The van der Waals surface area contributed by atoms with E-state index in [1.165, 1.54) is 17.7 Å². The first-order valence-electron chi connectivity index (χ1n) is 6.58. The SMILES string of the molecule is OCCCCN1CC=C(c2ccc(F)cc2)CC1. The van der Waals surface area contributed by atoms with Crippen LogP contribution in [0.25, 0.3) is 5.57 Å². The number of hydrogen-bond donors (Lipinski definition) is 1. The molecule has 0 radical (unpaired) electrons. The highest BCUT2D eigenvalue weighted by atomic mass is 19.1. The molecule has 0 amide bonds. The molecule has 1 N–H and O–H groups in total. The molecule has 0 unspecified atom stereocenters. The summed E-state index contributed by atoms with van der Waals surface area (Å²) in [7, 11) is 0. The van der Waals surface area contributed by atoms with Crippen molar-refractivity contribution in [2.45, 2.75) is 19.3 Å². The van der Waals surface area contributed by atoms with Crippen LogP contribution in [0, 0.1) is 5.82 Å². The van der Waals surface area contributed by atoms with E-state index >= 15 is 0 Å². The Morgan fingerprint density at radius 2 is 1.94 bits per heavy atom. The number of rotatable bonds is 5. The number of hydrogen-bond acceptors (Lipinski definition) is 2. The van der Waals surface area contributed by atoms with Crippen LogP contribution in [-0.2, 0) is 0 Å². The van der Waals surface area contributed by atoms with E-state index in [0.717, 1.165) is 44.5 Å². The van der Waals surface area contributed by atoms with Gasteiger partial charge in [-0.3, -0.25) is 4.90 Å². The number of benzene rings is 1. The maximum atomic E-state index is 12.8. The molecule has 0 saturated heterocycles. The molecule has 0 bridgehead atoms. The second-order valence-corrected chi connectivity index (χ2v) is 4.72. The summed E-state index contributed by atoms with van der Waals surface area (Å²) in [6.07, 6.45) is 5.18. The minimum Gasteiger partial charge on any atom is -0.396 e. The summed E-state index contributed by atoms with van der Waals surface area (Å²) >= 11 is 0. The molecule has 0 aromatic heterocycles. The third-order valence-corrected chi connectivity index (χ3v) is 3.39. The molecule has 2 nitrogen and oxygen atoms in total. The van der Waals surface area contributed by atoms with Crippen molar-refractivity contribution >= 4 is 5.57 Å². The molecule has 0 atom stereocenters. The fourth-order valence-corrected chi connectivity index (χ4v) is 2.29. The quantitative estimate of drug-likeness (QED) is 0.811. The molecule has 2 rings (SSSR count). The molecule has 0 saturated carbocycles. The van der Waals surface area contributed by atoms with Crippen molar-refractivity contribution in [2.75, 3.05) is 26.2 Å². The molecule has 1 aliphatic rings. The predicted octanol–water partition coefficient (Wildman–Crippen LogP) is 2.69. The van der Waals surface area contributed by atoms with Crippen LogP contribution < -0.4 is 0 Å². The monoisotopic (exact) mass is 249 g/mol. The number of halogens is 1. The largest absolute Gasteiger partial charge is 0.396 e. The first kappa shape index (κ1) is 13.2. The van der Waals surface area contributed by atoms with Gasteiger partial charge in [-0.15, -0.1) is 0 Å². The topological polar surface area (TPSA) is 23.5 Å². The molecule has 0 spiro atoms. The summed E-state index contributed by atoms with van der Waals surface area (Å²) in [4.78, 5) is 2.39. The van der Waals surface area contributed by atoms with Crippen LogP contribution in [0.2, 0.25) is 0 Å². The minimum absolute atomic E-state index is 0.180. The fourth-order valence-electron chi connectivity index (χ4n) is 2.29. The number of aliphatic hydroxyl groups is 1. The van der Waals surface area contributed by atoms with Gasteiger partial charge in [-0.2, -0.15) is 0 Å². The van der Waals surface area contributed by atoms with Crippen molar-refractivity contribution in [1.82, 2.24) is 4.90 Å². The first-order valence-corrected chi connectivity index (χ1v) is 6.58. The van der Waals surface area contributed by atoms with Crippen LogP contribution >= 0.6 is 0 Å². The van der Waals surface area contributed by atoms with Crippen molar-refractivity contribution < 1.29 is 9.50 Å². The highest BCUT2D eigenvalue weighted by Crippen LogP contribution is 2.22. The van der Waals surface area contributed by atoms with Crippen molar-refractivity contribution in [3.8, 4) is 0 Å². The standard InChI is InChI=1S/C15H20FNO/c16-15-5-3-13(4-6-15)14-7-10-17(11-8-14)9-1-2-12-18/h3-7,18H,1-2,8-12H2. The van der Waals surface area contributed by atoms with E-state index in [0.29, 0.717) is 0 Å². The second kappa shape index (κ2) is 6.66. The summed E-state index contributed by atoms with van der Waals surface area (Å²) in [6.45, 7) is 3.34. The normalized spacial score (nSPS) is 16.7. The molecule has 1 aromatic carbocycles. The van der Waals surface area contributed by atoms with Crippen LogP contribution in [0.1, 0.15) is 24.8 Å². The van der Waals surface area contributed by atoms with Crippen LogP contribution in [0.15, 0.2) is 30.3 Å². The number of unbranched alkanes of at least 4 members (excludes halogenated alkanes) is 1. The van der Waals surface area contributed by atoms with E-state index in [4.69, 9.17) is 5.11 Å². The zero-order valence-corrected chi connectivity index (χ0v) is 10.6. The van der Waals surface area contributed by atoms with Gasteiger partial charge in [-0.05, 0) is 49.1 Å². The lowest BCUT2D eigenvalue weighted by Gasteiger charge is -2.26. The van der Waals surface area contributed by atoms with Gasteiger partial charge < -0.3 is 5.11 Å². The Balaban J connectivity index is 1.88. The highest BCUT2D eigenvalue weighted by molar-refractivity contribution is 5.66. The summed E-state index contributed by atoms with van der Waals surface area (Å²) < 4.78 is 12.8. The molecular weight excluding hydrogens is 229 g/mol. The van der Waals surface area contributed by atoms with Gasteiger partial charge in [0, 0.05) is 19.7 Å². The second-order valence-electron chi connectivity index (χ2n) is 4.72. The van der Waals surface area contributed by atoms with E-state index in [-0.39, 0.29) is 12.4 Å². The van der Waals surface area contributed by atoms with Gasteiger partial charge in [0.15, 0.2) is 0 Å². The van der Waals surface area contributed by atoms with Crippen LogP contribution in [-0.4, -0.2) is 36.2 Å².